The third kappa shape index (κ3) is 3.53. The molecular formula is C17H20ClNO. The van der Waals surface area contributed by atoms with E-state index in [1.54, 1.807) is 5.54 Å². The van der Waals surface area contributed by atoms with Gasteiger partial charge in [0.25, 0.3) is 0 Å². The third-order valence-corrected chi connectivity index (χ3v) is 3.56. The number of benzene rings is 2. The number of halogens is 1. The molecule has 0 saturated carbocycles. The molecule has 3 heteroatoms. The highest BCUT2D eigenvalue weighted by Gasteiger charge is 2.08. The minimum atomic E-state index is 0.515. The number of hydrogen-bond donors (Lipinski definition) is 1. The van der Waals surface area contributed by atoms with Crippen LogP contribution in [0, 0.1) is 0 Å². The van der Waals surface area contributed by atoms with Gasteiger partial charge >= 0.3 is 0 Å². The molecule has 0 amide bonds. The van der Waals surface area contributed by atoms with Crippen LogP contribution >= 0.6 is 11.6 Å². The Bertz CT molecular complexity index is 607. The lowest BCUT2D eigenvalue weighted by atomic mass is 10.0. The van der Waals surface area contributed by atoms with Gasteiger partial charge in [-0.15, -0.1) is 0 Å². The van der Waals surface area contributed by atoms with Crippen LogP contribution in [-0.2, 0) is 6.54 Å². The minimum Gasteiger partial charge on any atom is -0.489 e. The van der Waals surface area contributed by atoms with Gasteiger partial charge in [-0.25, -0.2) is 0 Å². The Hall–Kier alpha value is -1.51. The molecular weight excluding hydrogens is 270 g/mol. The lowest BCUT2D eigenvalue weighted by Gasteiger charge is -2.14. The fourth-order valence-electron chi connectivity index (χ4n) is 2.11. The first-order valence-corrected chi connectivity index (χ1v) is 7.30. The molecule has 0 radical (unpaired) electrons. The predicted octanol–water partition coefficient (Wildman–Crippen LogP) is 4.47. The van der Waals surface area contributed by atoms with Crippen LogP contribution in [0.3, 0.4) is 0 Å². The molecule has 0 aromatic heterocycles. The maximum atomic E-state index is 5.90. The van der Waals surface area contributed by atoms with Crippen LogP contribution in [0.25, 0.3) is 10.8 Å². The Morgan fingerprint density at radius 3 is 2.80 bits per heavy atom. The van der Waals surface area contributed by atoms with Gasteiger partial charge in [-0.2, -0.15) is 0 Å². The number of fused-ring (bicyclic) bond motifs is 1. The maximum absolute atomic E-state index is 5.90. The van der Waals surface area contributed by atoms with E-state index >= 15 is 0 Å². The molecule has 0 fully saturated rings. The van der Waals surface area contributed by atoms with Crippen molar-refractivity contribution in [2.75, 3.05) is 13.2 Å². The fourth-order valence-corrected chi connectivity index (χ4v) is 2.17. The summed E-state index contributed by atoms with van der Waals surface area (Å²) >= 11 is 5.68. The smallest absolute Gasteiger partial charge is 0.124 e. The quantitative estimate of drug-likeness (QED) is 0.847. The average Bonchev–Trinajstić information content (AvgIpc) is 2.50. The molecule has 0 aliphatic carbocycles. The van der Waals surface area contributed by atoms with E-state index in [9.17, 15) is 0 Å². The van der Waals surface area contributed by atoms with E-state index in [1.807, 2.05) is 13.0 Å². The molecule has 2 aromatic carbocycles. The molecule has 2 nitrogen and oxygen atoms in total. The third-order valence-electron chi connectivity index (χ3n) is 3.19. The van der Waals surface area contributed by atoms with Gasteiger partial charge in [-0.05, 0) is 35.9 Å². The standard InChI is InChI=1S/C17H20ClNO/c1-3-19-11-16-15-7-5-4-6-14(15)8-9-17(16)20-12-13(2)10-18/h4-10,19H,3,11-12H2,1-2H3/b13-10+. The molecule has 2 rings (SSSR count). The number of rotatable bonds is 6. The van der Waals surface area contributed by atoms with Gasteiger partial charge < -0.3 is 10.1 Å². The van der Waals surface area contributed by atoms with Crippen molar-refractivity contribution in [2.45, 2.75) is 20.4 Å². The molecule has 1 N–H and O–H groups in total. The second kappa shape index (κ2) is 7.32. The Morgan fingerprint density at radius 1 is 1.25 bits per heavy atom. The van der Waals surface area contributed by atoms with Crippen LogP contribution in [0.1, 0.15) is 19.4 Å². The number of nitrogens with one attached hydrogen (secondary N) is 1. The average molecular weight is 290 g/mol. The molecule has 0 unspecified atom stereocenters. The van der Waals surface area contributed by atoms with Crippen molar-refractivity contribution in [3.05, 3.63) is 53.1 Å². The van der Waals surface area contributed by atoms with E-state index in [-0.39, 0.29) is 0 Å². The first-order chi connectivity index (χ1) is 9.76. The van der Waals surface area contributed by atoms with Gasteiger partial charge in [-0.3, -0.25) is 0 Å². The minimum absolute atomic E-state index is 0.515. The van der Waals surface area contributed by atoms with Gasteiger partial charge in [0.05, 0.1) is 0 Å². The maximum Gasteiger partial charge on any atom is 0.124 e. The van der Waals surface area contributed by atoms with Crippen LogP contribution in [0.15, 0.2) is 47.5 Å². The summed E-state index contributed by atoms with van der Waals surface area (Å²) in [6, 6.07) is 12.5. The van der Waals surface area contributed by atoms with E-state index < -0.39 is 0 Å². The second-order valence-electron chi connectivity index (χ2n) is 4.79. The van der Waals surface area contributed by atoms with Crippen LogP contribution in [0.4, 0.5) is 0 Å². The van der Waals surface area contributed by atoms with Gasteiger partial charge in [-0.1, -0.05) is 48.9 Å². The molecule has 0 aliphatic rings. The first-order valence-electron chi connectivity index (χ1n) is 6.86. The number of hydrogen-bond acceptors (Lipinski definition) is 2. The lowest BCUT2D eigenvalue weighted by Crippen LogP contribution is -2.13. The summed E-state index contributed by atoms with van der Waals surface area (Å²) < 4.78 is 5.90. The summed E-state index contributed by atoms with van der Waals surface area (Å²) in [6.45, 7) is 6.31. The summed E-state index contributed by atoms with van der Waals surface area (Å²) in [4.78, 5) is 0. The van der Waals surface area contributed by atoms with Crippen molar-refractivity contribution in [1.82, 2.24) is 5.32 Å². The van der Waals surface area contributed by atoms with Gasteiger partial charge in [0.2, 0.25) is 0 Å². The van der Waals surface area contributed by atoms with Crippen molar-refractivity contribution in [3.63, 3.8) is 0 Å². The van der Waals surface area contributed by atoms with Gasteiger partial charge in [0.1, 0.15) is 12.4 Å². The summed E-state index contributed by atoms with van der Waals surface area (Å²) in [5, 5.41) is 5.85. The highest BCUT2D eigenvalue weighted by Crippen LogP contribution is 2.28. The lowest BCUT2D eigenvalue weighted by molar-refractivity contribution is 0.348. The van der Waals surface area contributed by atoms with E-state index in [0.29, 0.717) is 6.61 Å². The van der Waals surface area contributed by atoms with E-state index in [2.05, 4.69) is 42.6 Å². The zero-order chi connectivity index (χ0) is 14.4. The van der Waals surface area contributed by atoms with Crippen molar-refractivity contribution >= 4 is 22.4 Å². The Labute approximate surface area is 125 Å². The first kappa shape index (κ1) is 14.9. The summed E-state index contributed by atoms with van der Waals surface area (Å²) in [7, 11) is 0. The molecule has 20 heavy (non-hydrogen) atoms. The topological polar surface area (TPSA) is 21.3 Å². The molecule has 0 atom stereocenters. The zero-order valence-electron chi connectivity index (χ0n) is 11.9. The Balaban J connectivity index is 2.36. The molecule has 0 bridgehead atoms. The summed E-state index contributed by atoms with van der Waals surface area (Å²) in [5.41, 5.74) is 3.77. The molecule has 2 aromatic rings. The van der Waals surface area contributed by atoms with Crippen molar-refractivity contribution in [1.29, 1.82) is 0 Å². The second-order valence-corrected chi connectivity index (χ2v) is 5.01. The van der Waals surface area contributed by atoms with Crippen LogP contribution in [0.5, 0.6) is 5.75 Å². The predicted molar refractivity (Wildman–Crippen MR) is 86.4 cm³/mol. The SMILES string of the molecule is CCNCc1c(OC/C(C)=C/Cl)ccc2ccccc12. The van der Waals surface area contributed by atoms with Gasteiger partial charge in [0, 0.05) is 17.6 Å². The molecule has 0 spiro atoms. The van der Waals surface area contributed by atoms with Crippen molar-refractivity contribution in [3.8, 4) is 5.75 Å². The fraction of sp³-hybridized carbons (Fsp3) is 0.294. The Morgan fingerprint density at radius 2 is 2.05 bits per heavy atom. The zero-order valence-corrected chi connectivity index (χ0v) is 12.7. The van der Waals surface area contributed by atoms with E-state index in [1.165, 1.54) is 16.3 Å². The Kier molecular flexibility index (Phi) is 5.45. The molecule has 106 valence electrons. The van der Waals surface area contributed by atoms with Crippen LogP contribution in [-0.4, -0.2) is 13.2 Å². The summed E-state index contributed by atoms with van der Waals surface area (Å²) in [6.07, 6.45) is 0. The molecule has 0 saturated heterocycles. The van der Waals surface area contributed by atoms with E-state index in [0.717, 1.165) is 24.4 Å². The molecule has 0 aliphatic heterocycles. The normalized spacial score (nSPS) is 11.8. The van der Waals surface area contributed by atoms with Crippen LogP contribution < -0.4 is 10.1 Å². The van der Waals surface area contributed by atoms with Crippen LogP contribution in [0.2, 0.25) is 0 Å². The monoisotopic (exact) mass is 289 g/mol. The van der Waals surface area contributed by atoms with Crippen molar-refractivity contribution in [2.24, 2.45) is 0 Å². The number of ether oxygens (including phenoxy) is 1. The van der Waals surface area contributed by atoms with Gasteiger partial charge in [0.15, 0.2) is 0 Å². The highest BCUT2D eigenvalue weighted by atomic mass is 35.5. The van der Waals surface area contributed by atoms with Crippen molar-refractivity contribution < 1.29 is 4.74 Å². The highest BCUT2D eigenvalue weighted by molar-refractivity contribution is 6.25. The molecule has 0 heterocycles. The largest absolute Gasteiger partial charge is 0.489 e. The summed E-state index contributed by atoms with van der Waals surface area (Å²) in [5.74, 6) is 0.919. The van der Waals surface area contributed by atoms with E-state index in [4.69, 9.17) is 16.3 Å².